The van der Waals surface area contributed by atoms with Gasteiger partial charge in [0.2, 0.25) is 0 Å². The van der Waals surface area contributed by atoms with Crippen LogP contribution in [-0.2, 0) is 5.11 Å². The van der Waals surface area contributed by atoms with E-state index >= 15 is 0 Å². The van der Waals surface area contributed by atoms with Crippen molar-refractivity contribution in [2.45, 2.75) is 20.8 Å². The average molecular weight is 111 g/mol. The summed E-state index contributed by atoms with van der Waals surface area (Å²) in [4.78, 5) is 0. The van der Waals surface area contributed by atoms with Crippen LogP contribution in [0.2, 0.25) is 0 Å². The smallest absolute Gasteiger partial charge is 0.143 e. The summed E-state index contributed by atoms with van der Waals surface area (Å²) < 4.78 is 0. The number of allylic oxidation sites excluding steroid dienone is 3. The molecule has 1 heteroatoms. The van der Waals surface area contributed by atoms with Crippen molar-refractivity contribution in [1.29, 1.82) is 0 Å². The molecule has 8 heavy (non-hydrogen) atoms. The van der Waals surface area contributed by atoms with Crippen molar-refractivity contribution in [2.75, 3.05) is 0 Å². The fourth-order valence-electron chi connectivity index (χ4n) is 0.269. The number of hydrogen-bond donors (Lipinski definition) is 0. The highest BCUT2D eigenvalue weighted by Gasteiger charge is 1.82. The van der Waals surface area contributed by atoms with Gasteiger partial charge in [0.15, 0.2) is 0 Å². The second-order valence-electron chi connectivity index (χ2n) is 1.99. The zero-order valence-electron chi connectivity index (χ0n) is 5.56. The van der Waals surface area contributed by atoms with Crippen LogP contribution in [0.25, 0.3) is 0 Å². The van der Waals surface area contributed by atoms with Crippen molar-refractivity contribution in [2.24, 2.45) is 0 Å². The van der Waals surface area contributed by atoms with E-state index in [0.717, 1.165) is 11.8 Å². The molecule has 1 radical (unpaired) electrons. The number of rotatable bonds is 1. The van der Waals surface area contributed by atoms with Crippen molar-refractivity contribution in [1.82, 2.24) is 0 Å². The maximum atomic E-state index is 9.83. The van der Waals surface area contributed by atoms with Crippen LogP contribution in [0.5, 0.6) is 0 Å². The van der Waals surface area contributed by atoms with Crippen molar-refractivity contribution in [3.8, 4) is 0 Å². The standard InChI is InChI=1S/C7H11O/c1-6(2)7(3)4-5-8/h4-5H,1-3H3. The summed E-state index contributed by atoms with van der Waals surface area (Å²) in [6.07, 6.45) is 2.37. The van der Waals surface area contributed by atoms with Crippen LogP contribution < -0.4 is 0 Å². The van der Waals surface area contributed by atoms with E-state index in [0.29, 0.717) is 0 Å². The second kappa shape index (κ2) is 3.30. The van der Waals surface area contributed by atoms with Gasteiger partial charge in [-0.15, -0.1) is 0 Å². The summed E-state index contributed by atoms with van der Waals surface area (Å²) in [6.45, 7) is 5.88. The first kappa shape index (κ1) is 7.28. The molecule has 0 fully saturated rings. The summed E-state index contributed by atoms with van der Waals surface area (Å²) in [5, 5.41) is 9.83. The largest absolute Gasteiger partial charge is 0.299 e. The third-order valence-corrected chi connectivity index (χ3v) is 1.11. The topological polar surface area (TPSA) is 19.9 Å². The average Bonchev–Trinajstić information content (AvgIpc) is 1.67. The van der Waals surface area contributed by atoms with Crippen molar-refractivity contribution >= 4 is 0 Å². The van der Waals surface area contributed by atoms with Gasteiger partial charge in [-0.1, -0.05) is 5.57 Å². The molecule has 0 N–H and O–H groups in total. The van der Waals surface area contributed by atoms with E-state index < -0.39 is 0 Å². The zero-order chi connectivity index (χ0) is 6.57. The Labute approximate surface area is 50.3 Å². The van der Waals surface area contributed by atoms with E-state index in [4.69, 9.17) is 0 Å². The van der Waals surface area contributed by atoms with Crippen molar-refractivity contribution in [3.05, 3.63) is 23.5 Å². The van der Waals surface area contributed by atoms with E-state index in [1.807, 2.05) is 20.8 Å². The molecule has 0 amide bonds. The lowest BCUT2D eigenvalue weighted by Gasteiger charge is -1.90. The molecular formula is C7H11O. The summed E-state index contributed by atoms with van der Waals surface area (Å²) in [5.74, 6) is 0. The fraction of sp³-hybridized carbons (Fsp3) is 0.429. The molecule has 0 aliphatic heterocycles. The molecule has 0 aliphatic carbocycles. The van der Waals surface area contributed by atoms with Crippen LogP contribution >= 0.6 is 0 Å². The maximum Gasteiger partial charge on any atom is 0.143 e. The van der Waals surface area contributed by atoms with Gasteiger partial charge in [-0.3, -0.25) is 5.11 Å². The van der Waals surface area contributed by atoms with Gasteiger partial charge in [0.05, 0.1) is 0 Å². The lowest BCUT2D eigenvalue weighted by molar-refractivity contribution is 0.351. The molecule has 0 atom stereocenters. The Hall–Kier alpha value is -0.720. The molecule has 45 valence electrons. The van der Waals surface area contributed by atoms with Gasteiger partial charge < -0.3 is 0 Å². The predicted octanol–water partition coefficient (Wildman–Crippen LogP) is 2.29. The Bertz CT molecular complexity index is 116. The molecule has 0 bridgehead atoms. The van der Waals surface area contributed by atoms with Crippen LogP contribution in [0.15, 0.2) is 23.5 Å². The third kappa shape index (κ3) is 2.45. The minimum atomic E-state index is 0.808. The molecule has 0 aromatic carbocycles. The highest BCUT2D eigenvalue weighted by atomic mass is 16.2. The molecule has 0 rings (SSSR count). The molecule has 1 nitrogen and oxygen atoms in total. The fourth-order valence-corrected chi connectivity index (χ4v) is 0.269. The van der Waals surface area contributed by atoms with Gasteiger partial charge in [0.25, 0.3) is 0 Å². The van der Waals surface area contributed by atoms with Gasteiger partial charge in [0, 0.05) is 0 Å². The Kier molecular flexibility index (Phi) is 3.01. The second-order valence-corrected chi connectivity index (χ2v) is 1.99. The van der Waals surface area contributed by atoms with Crippen LogP contribution in [0.3, 0.4) is 0 Å². The van der Waals surface area contributed by atoms with Crippen molar-refractivity contribution in [3.63, 3.8) is 0 Å². The van der Waals surface area contributed by atoms with Crippen LogP contribution in [-0.4, -0.2) is 0 Å². The third-order valence-electron chi connectivity index (χ3n) is 1.11. The highest BCUT2D eigenvalue weighted by molar-refractivity contribution is 5.19. The zero-order valence-corrected chi connectivity index (χ0v) is 5.56. The lowest BCUT2D eigenvalue weighted by Crippen LogP contribution is -1.71. The molecule has 0 aliphatic rings. The summed E-state index contributed by atoms with van der Waals surface area (Å²) in [7, 11) is 0. The first-order valence-electron chi connectivity index (χ1n) is 2.61. The van der Waals surface area contributed by atoms with E-state index in [1.54, 1.807) is 6.08 Å². The van der Waals surface area contributed by atoms with Gasteiger partial charge in [0.1, 0.15) is 6.26 Å². The predicted molar refractivity (Wildman–Crippen MR) is 33.9 cm³/mol. The van der Waals surface area contributed by atoms with E-state index in [1.165, 1.54) is 5.57 Å². The van der Waals surface area contributed by atoms with Crippen LogP contribution in [0.1, 0.15) is 20.8 Å². The van der Waals surface area contributed by atoms with Crippen LogP contribution in [0, 0.1) is 0 Å². The molecule has 0 aromatic heterocycles. The molecule has 0 saturated heterocycles. The van der Waals surface area contributed by atoms with E-state index in [2.05, 4.69) is 0 Å². The molecule has 0 unspecified atom stereocenters. The molecular weight excluding hydrogens is 100 g/mol. The summed E-state index contributed by atoms with van der Waals surface area (Å²) in [6, 6.07) is 0. The van der Waals surface area contributed by atoms with Gasteiger partial charge >= 0.3 is 0 Å². The lowest BCUT2D eigenvalue weighted by atomic mass is 10.2. The minimum Gasteiger partial charge on any atom is -0.299 e. The highest BCUT2D eigenvalue weighted by Crippen LogP contribution is 2.01. The monoisotopic (exact) mass is 111 g/mol. The molecule has 0 spiro atoms. The Morgan fingerprint density at radius 1 is 1.25 bits per heavy atom. The van der Waals surface area contributed by atoms with Crippen LogP contribution in [0.4, 0.5) is 0 Å². The molecule has 0 heterocycles. The first-order chi connectivity index (χ1) is 3.68. The molecule has 0 saturated carbocycles. The summed E-state index contributed by atoms with van der Waals surface area (Å²) >= 11 is 0. The molecule has 0 aromatic rings. The minimum absolute atomic E-state index is 0.808. The van der Waals surface area contributed by atoms with Gasteiger partial charge in [-0.05, 0) is 32.4 Å². The SMILES string of the molecule is CC(C)=C(C)C=C[O]. The summed E-state index contributed by atoms with van der Waals surface area (Å²) in [5.41, 5.74) is 2.25. The normalized spacial score (nSPS) is 9.88. The maximum absolute atomic E-state index is 9.83. The number of hydrogen-bond acceptors (Lipinski definition) is 0. The van der Waals surface area contributed by atoms with E-state index in [-0.39, 0.29) is 0 Å². The van der Waals surface area contributed by atoms with Crippen molar-refractivity contribution < 1.29 is 5.11 Å². The Balaban J connectivity index is 4.00. The van der Waals surface area contributed by atoms with Gasteiger partial charge in [-0.25, -0.2) is 0 Å². The first-order valence-corrected chi connectivity index (χ1v) is 2.61. The quantitative estimate of drug-likeness (QED) is 0.365. The van der Waals surface area contributed by atoms with Gasteiger partial charge in [-0.2, -0.15) is 0 Å². The Morgan fingerprint density at radius 2 is 1.75 bits per heavy atom. The van der Waals surface area contributed by atoms with E-state index in [9.17, 15) is 5.11 Å². The Morgan fingerprint density at radius 3 is 1.88 bits per heavy atom.